The smallest absolute Gasteiger partial charge is 0.413 e. The maximum absolute atomic E-state index is 12.1. The summed E-state index contributed by atoms with van der Waals surface area (Å²) in [5, 5.41) is 16.9. The second kappa shape index (κ2) is 9.68. The van der Waals surface area contributed by atoms with Crippen molar-refractivity contribution in [1.82, 2.24) is 4.98 Å². The van der Waals surface area contributed by atoms with Gasteiger partial charge in [0.15, 0.2) is 5.13 Å². The van der Waals surface area contributed by atoms with Crippen LogP contribution in [-0.2, 0) is 23.9 Å². The van der Waals surface area contributed by atoms with Gasteiger partial charge in [-0.1, -0.05) is 19.0 Å². The Labute approximate surface area is 173 Å². The van der Waals surface area contributed by atoms with Gasteiger partial charge in [-0.3, -0.25) is 5.32 Å². The van der Waals surface area contributed by atoms with Crippen molar-refractivity contribution < 1.29 is 33.8 Å². The van der Waals surface area contributed by atoms with E-state index < -0.39 is 34.9 Å². The molecule has 1 heterocycles. The van der Waals surface area contributed by atoms with E-state index in [1.807, 2.05) is 13.8 Å². The summed E-state index contributed by atoms with van der Waals surface area (Å²) in [6.07, 6.45) is -0.725. The van der Waals surface area contributed by atoms with Crippen LogP contribution in [0.1, 0.15) is 54.2 Å². The highest BCUT2D eigenvalue weighted by atomic mass is 32.1. The van der Waals surface area contributed by atoms with Gasteiger partial charge in [0.2, 0.25) is 11.3 Å². The fourth-order valence-electron chi connectivity index (χ4n) is 1.64. The third-order valence-electron chi connectivity index (χ3n) is 2.96. The molecule has 0 unspecified atom stereocenters. The average Bonchev–Trinajstić information content (AvgIpc) is 2.98. The minimum Gasteiger partial charge on any atom is -0.476 e. The monoisotopic (exact) mass is 429 g/mol. The van der Waals surface area contributed by atoms with E-state index in [4.69, 9.17) is 14.3 Å². The predicted octanol–water partition coefficient (Wildman–Crippen LogP) is 3.27. The van der Waals surface area contributed by atoms with Gasteiger partial charge in [0.05, 0.1) is 6.61 Å². The Morgan fingerprint density at radius 2 is 1.86 bits per heavy atom. The van der Waals surface area contributed by atoms with Gasteiger partial charge in [0, 0.05) is 5.38 Å². The molecule has 1 rings (SSSR count). The predicted molar refractivity (Wildman–Crippen MR) is 107 cm³/mol. The van der Waals surface area contributed by atoms with E-state index in [1.165, 1.54) is 19.2 Å². The van der Waals surface area contributed by atoms with Gasteiger partial charge in [-0.2, -0.15) is 0 Å². The number of hydrogen-bond acceptors (Lipinski definition) is 9. The van der Waals surface area contributed by atoms with Crippen molar-refractivity contribution in [3.63, 3.8) is 0 Å². The number of aromatic nitrogens is 1. The Kier molecular flexibility index (Phi) is 8.13. The second-order valence-corrected chi connectivity index (χ2v) is 8.86. The Morgan fingerprint density at radius 3 is 2.38 bits per heavy atom. The van der Waals surface area contributed by atoms with Crippen LogP contribution in [0.3, 0.4) is 0 Å². The number of nitrogens with zero attached hydrogens (tertiary/aromatic N) is 2. The molecule has 0 aliphatic carbocycles. The minimum absolute atomic E-state index is 0.0418. The summed E-state index contributed by atoms with van der Waals surface area (Å²) in [6, 6.07) is 0. The lowest BCUT2D eigenvalue weighted by Crippen LogP contribution is -2.36. The molecular weight excluding hydrogens is 402 g/mol. The average molecular weight is 429 g/mol. The van der Waals surface area contributed by atoms with Crippen LogP contribution in [0, 0.1) is 5.92 Å². The van der Waals surface area contributed by atoms with Crippen LogP contribution < -0.4 is 5.32 Å². The summed E-state index contributed by atoms with van der Waals surface area (Å²) in [6.45, 7) is 11.9. The highest BCUT2D eigenvalue weighted by molar-refractivity contribution is 7.14. The number of oxime groups is 1. The van der Waals surface area contributed by atoms with Crippen molar-refractivity contribution in [2.75, 3.05) is 11.9 Å². The first-order valence-corrected chi connectivity index (χ1v) is 9.72. The number of aliphatic carboxylic acids is 1. The second-order valence-electron chi connectivity index (χ2n) is 8.00. The normalized spacial score (nSPS) is 12.5. The Balaban J connectivity index is 2.90. The van der Waals surface area contributed by atoms with E-state index in [9.17, 15) is 19.5 Å². The maximum atomic E-state index is 12.1. The molecule has 2 N–H and O–H groups in total. The number of carbonyl (C=O) groups excluding carboxylic acids is 2. The van der Waals surface area contributed by atoms with Crippen LogP contribution >= 0.6 is 11.3 Å². The number of ether oxygens (including phenoxy) is 2. The number of carboxylic acids is 1. The molecule has 162 valence electrons. The Morgan fingerprint density at radius 1 is 1.24 bits per heavy atom. The molecule has 0 saturated heterocycles. The van der Waals surface area contributed by atoms with E-state index >= 15 is 0 Å². The molecule has 1 aromatic rings. The maximum Gasteiger partial charge on any atom is 0.413 e. The summed E-state index contributed by atoms with van der Waals surface area (Å²) >= 11 is 0.986. The lowest BCUT2D eigenvalue weighted by Gasteiger charge is -2.21. The van der Waals surface area contributed by atoms with Gasteiger partial charge in [0.1, 0.15) is 11.3 Å². The Bertz CT molecular complexity index is 779. The van der Waals surface area contributed by atoms with Gasteiger partial charge >= 0.3 is 18.0 Å². The highest BCUT2D eigenvalue weighted by Crippen LogP contribution is 2.19. The molecule has 0 radical (unpaired) electrons. The van der Waals surface area contributed by atoms with Crippen molar-refractivity contribution in [2.24, 2.45) is 11.1 Å². The van der Waals surface area contributed by atoms with E-state index in [1.54, 1.807) is 20.8 Å². The van der Waals surface area contributed by atoms with Crippen LogP contribution in [0.25, 0.3) is 0 Å². The third-order valence-corrected chi connectivity index (χ3v) is 3.72. The minimum atomic E-state index is -1.50. The number of carboxylic acid groups (broad SMARTS) is 1. The first kappa shape index (κ1) is 24.3. The van der Waals surface area contributed by atoms with Gasteiger partial charge in [0.25, 0.3) is 0 Å². The molecule has 1 aromatic heterocycles. The van der Waals surface area contributed by atoms with Crippen LogP contribution in [-0.4, -0.2) is 51.6 Å². The fourth-order valence-corrected chi connectivity index (χ4v) is 2.32. The number of esters is 1. The van der Waals surface area contributed by atoms with Crippen molar-refractivity contribution in [3.8, 4) is 0 Å². The molecule has 10 nitrogen and oxygen atoms in total. The number of anilines is 1. The van der Waals surface area contributed by atoms with Crippen molar-refractivity contribution in [3.05, 3.63) is 11.1 Å². The lowest BCUT2D eigenvalue weighted by molar-refractivity contribution is -0.169. The summed E-state index contributed by atoms with van der Waals surface area (Å²) < 4.78 is 10.2. The molecule has 0 aliphatic rings. The van der Waals surface area contributed by atoms with Gasteiger partial charge in [-0.15, -0.1) is 11.3 Å². The zero-order valence-corrected chi connectivity index (χ0v) is 18.4. The number of carbonyl (C=O) groups is 3. The molecule has 0 fully saturated rings. The number of nitrogens with one attached hydrogen (secondary N) is 1. The summed E-state index contributed by atoms with van der Waals surface area (Å²) in [7, 11) is 0. The van der Waals surface area contributed by atoms with Crippen LogP contribution in [0.15, 0.2) is 10.5 Å². The number of amides is 1. The number of hydrogen-bond donors (Lipinski definition) is 2. The van der Waals surface area contributed by atoms with Gasteiger partial charge in [-0.05, 0) is 40.5 Å². The van der Waals surface area contributed by atoms with Crippen LogP contribution in [0.2, 0.25) is 0 Å². The molecule has 11 heteroatoms. The van der Waals surface area contributed by atoms with Crippen LogP contribution in [0.4, 0.5) is 9.93 Å². The van der Waals surface area contributed by atoms with Crippen LogP contribution in [0.5, 0.6) is 0 Å². The Hall–Kier alpha value is -2.69. The SMILES string of the molecule is CC(C)COC(=O)C(C)(C)O/N=C(\C(=O)O)c1csc(NC(=O)OC(C)(C)C)n1. The van der Waals surface area contributed by atoms with Gasteiger partial charge in [-0.25, -0.2) is 19.4 Å². The summed E-state index contributed by atoms with van der Waals surface area (Å²) in [4.78, 5) is 44.6. The largest absolute Gasteiger partial charge is 0.476 e. The number of rotatable bonds is 8. The lowest BCUT2D eigenvalue weighted by atomic mass is 10.1. The molecule has 0 atom stereocenters. The highest BCUT2D eigenvalue weighted by Gasteiger charge is 2.33. The zero-order chi connectivity index (χ0) is 22.4. The zero-order valence-electron chi connectivity index (χ0n) is 17.6. The topological polar surface area (TPSA) is 136 Å². The van der Waals surface area contributed by atoms with Crippen molar-refractivity contribution >= 4 is 40.2 Å². The standard InChI is InChI=1S/C18H27N3O7S/c1-10(2)8-26-14(24)18(6,7)28-21-12(13(22)23)11-9-29-15(19-11)20-16(25)27-17(3,4)5/h9-10H,8H2,1-7H3,(H,22,23)(H,19,20,25)/b21-12-. The molecule has 0 aliphatic heterocycles. The summed E-state index contributed by atoms with van der Waals surface area (Å²) in [5.74, 6) is -1.95. The molecule has 0 spiro atoms. The summed E-state index contributed by atoms with van der Waals surface area (Å²) in [5.41, 5.74) is -2.76. The van der Waals surface area contributed by atoms with Gasteiger partial charge < -0.3 is 19.4 Å². The first-order chi connectivity index (χ1) is 13.2. The quantitative estimate of drug-likeness (QED) is 0.365. The number of thiazole rings is 1. The van der Waals surface area contributed by atoms with E-state index in [2.05, 4.69) is 15.5 Å². The molecular formula is C18H27N3O7S. The molecule has 0 saturated carbocycles. The first-order valence-electron chi connectivity index (χ1n) is 8.84. The van der Waals surface area contributed by atoms with Crippen molar-refractivity contribution in [1.29, 1.82) is 0 Å². The molecule has 0 aromatic carbocycles. The molecule has 29 heavy (non-hydrogen) atoms. The molecule has 1 amide bonds. The third kappa shape index (κ3) is 8.46. The fraction of sp³-hybridized carbons (Fsp3) is 0.611. The van der Waals surface area contributed by atoms with E-state index in [0.29, 0.717) is 0 Å². The molecule has 0 bridgehead atoms. The van der Waals surface area contributed by atoms with E-state index in [0.717, 1.165) is 11.3 Å². The van der Waals surface area contributed by atoms with E-state index in [-0.39, 0.29) is 23.4 Å². The van der Waals surface area contributed by atoms with Crippen molar-refractivity contribution in [2.45, 2.75) is 59.7 Å².